The molecule has 0 saturated carbocycles. The Bertz CT molecular complexity index is 377. The molecule has 0 bridgehead atoms. The number of hydrogen-bond donors (Lipinski definition) is 2. The zero-order valence-electron chi connectivity index (χ0n) is 10.7. The third-order valence-corrected chi connectivity index (χ3v) is 2.85. The highest BCUT2D eigenvalue weighted by atomic mass is 16.1. The van der Waals surface area contributed by atoms with E-state index in [0.717, 1.165) is 12.1 Å². The van der Waals surface area contributed by atoms with Crippen LogP contribution in [0, 0.1) is 5.92 Å². The Hall–Kier alpha value is -1.42. The quantitative estimate of drug-likeness (QED) is 0.816. The maximum absolute atomic E-state index is 12.0. The van der Waals surface area contributed by atoms with Gasteiger partial charge in [0.2, 0.25) is 0 Å². The fourth-order valence-electron chi connectivity index (χ4n) is 1.72. The van der Waals surface area contributed by atoms with Crippen LogP contribution in [0.5, 0.6) is 0 Å². The molecule has 0 aromatic carbocycles. The van der Waals surface area contributed by atoms with Gasteiger partial charge in [-0.1, -0.05) is 20.8 Å². The molecule has 0 aliphatic heterocycles. The Morgan fingerprint density at radius 1 is 1.53 bits per heavy atom. The van der Waals surface area contributed by atoms with E-state index in [-0.39, 0.29) is 11.9 Å². The maximum atomic E-state index is 12.0. The third kappa shape index (κ3) is 3.82. The third-order valence-electron chi connectivity index (χ3n) is 2.85. The van der Waals surface area contributed by atoms with Crippen LogP contribution >= 0.6 is 0 Å². The van der Waals surface area contributed by atoms with Gasteiger partial charge in [-0.2, -0.15) is 0 Å². The molecule has 4 heteroatoms. The molecule has 1 aromatic rings. The van der Waals surface area contributed by atoms with Gasteiger partial charge in [0.05, 0.1) is 5.69 Å². The lowest BCUT2D eigenvalue weighted by Crippen LogP contribution is -2.38. The van der Waals surface area contributed by atoms with E-state index in [1.54, 1.807) is 18.3 Å². The van der Waals surface area contributed by atoms with E-state index in [9.17, 15) is 4.79 Å². The molecule has 17 heavy (non-hydrogen) atoms. The summed E-state index contributed by atoms with van der Waals surface area (Å²) in [5.74, 6) is 0.377. The minimum Gasteiger partial charge on any atom is -0.349 e. The van der Waals surface area contributed by atoms with Gasteiger partial charge < -0.3 is 11.1 Å². The molecule has 4 nitrogen and oxygen atoms in total. The van der Waals surface area contributed by atoms with E-state index >= 15 is 0 Å². The molecule has 0 aliphatic carbocycles. The van der Waals surface area contributed by atoms with Gasteiger partial charge in [-0.05, 0) is 24.5 Å². The molecule has 1 rings (SSSR count). The van der Waals surface area contributed by atoms with E-state index in [2.05, 4.69) is 31.1 Å². The Labute approximate surface area is 103 Å². The summed E-state index contributed by atoms with van der Waals surface area (Å²) in [6, 6.07) is 3.65. The first kappa shape index (κ1) is 13.6. The molecule has 3 N–H and O–H groups in total. The van der Waals surface area contributed by atoms with E-state index in [0.29, 0.717) is 18.0 Å². The molecule has 1 amide bonds. The van der Waals surface area contributed by atoms with Gasteiger partial charge in [0.15, 0.2) is 0 Å². The average Bonchev–Trinajstić information content (AvgIpc) is 2.35. The highest BCUT2D eigenvalue weighted by molar-refractivity contribution is 5.94. The predicted molar refractivity (Wildman–Crippen MR) is 68.5 cm³/mol. The highest BCUT2D eigenvalue weighted by Crippen LogP contribution is 2.08. The van der Waals surface area contributed by atoms with Gasteiger partial charge in [0.25, 0.3) is 5.91 Å². The Morgan fingerprint density at radius 3 is 2.76 bits per heavy atom. The van der Waals surface area contributed by atoms with Gasteiger partial charge in [-0.15, -0.1) is 0 Å². The number of amides is 1. The molecule has 94 valence electrons. The largest absolute Gasteiger partial charge is 0.349 e. The fourth-order valence-corrected chi connectivity index (χ4v) is 1.72. The fraction of sp³-hybridized carbons (Fsp3) is 0.538. The Balaban J connectivity index is 2.75. The van der Waals surface area contributed by atoms with Crippen molar-refractivity contribution in [2.75, 3.05) is 0 Å². The van der Waals surface area contributed by atoms with Crippen molar-refractivity contribution < 1.29 is 4.79 Å². The number of nitrogens with one attached hydrogen (secondary N) is 1. The van der Waals surface area contributed by atoms with Crippen molar-refractivity contribution >= 4 is 5.91 Å². The molecule has 0 radical (unpaired) electrons. The first-order valence-corrected chi connectivity index (χ1v) is 6.04. The molecule has 0 saturated heterocycles. The van der Waals surface area contributed by atoms with Crippen molar-refractivity contribution in [3.8, 4) is 0 Å². The van der Waals surface area contributed by atoms with Crippen LogP contribution in [0.2, 0.25) is 0 Å². The van der Waals surface area contributed by atoms with Gasteiger partial charge in [0.1, 0.15) is 0 Å². The van der Waals surface area contributed by atoms with Crippen LogP contribution in [0.1, 0.15) is 43.2 Å². The molecule has 0 spiro atoms. The van der Waals surface area contributed by atoms with Crippen molar-refractivity contribution in [2.24, 2.45) is 11.7 Å². The molecular weight excluding hydrogens is 214 g/mol. The second-order valence-electron chi connectivity index (χ2n) is 4.47. The minimum absolute atomic E-state index is 0.0531. The van der Waals surface area contributed by atoms with Crippen molar-refractivity contribution in [1.82, 2.24) is 10.3 Å². The molecule has 1 unspecified atom stereocenters. The highest BCUT2D eigenvalue weighted by Gasteiger charge is 2.15. The molecule has 0 aliphatic rings. The summed E-state index contributed by atoms with van der Waals surface area (Å²) in [5, 5.41) is 3.03. The summed E-state index contributed by atoms with van der Waals surface area (Å²) in [7, 11) is 0. The molecule has 1 atom stereocenters. The number of hydrogen-bond acceptors (Lipinski definition) is 3. The van der Waals surface area contributed by atoms with E-state index in [4.69, 9.17) is 5.73 Å². The van der Waals surface area contributed by atoms with Crippen LogP contribution in [0.3, 0.4) is 0 Å². The maximum Gasteiger partial charge on any atom is 0.251 e. The number of carbonyl (C=O) groups excluding carboxylic acids is 1. The molecule has 0 fully saturated rings. The van der Waals surface area contributed by atoms with Crippen LogP contribution in [0.15, 0.2) is 18.3 Å². The van der Waals surface area contributed by atoms with Gasteiger partial charge >= 0.3 is 0 Å². The van der Waals surface area contributed by atoms with E-state index in [1.165, 1.54) is 0 Å². The Morgan fingerprint density at radius 2 is 2.24 bits per heavy atom. The lowest BCUT2D eigenvalue weighted by atomic mass is 10.0. The average molecular weight is 235 g/mol. The number of pyridine rings is 1. The minimum atomic E-state index is -0.0531. The predicted octanol–water partition coefficient (Wildman–Crippen LogP) is 1.70. The number of carbonyl (C=O) groups is 1. The lowest BCUT2D eigenvalue weighted by Gasteiger charge is -2.20. The summed E-state index contributed by atoms with van der Waals surface area (Å²) < 4.78 is 0. The van der Waals surface area contributed by atoms with Crippen molar-refractivity contribution in [1.29, 1.82) is 0 Å². The van der Waals surface area contributed by atoms with Gasteiger partial charge in [-0.25, -0.2) is 0 Å². The first-order chi connectivity index (χ1) is 8.08. The zero-order valence-corrected chi connectivity index (χ0v) is 10.7. The molecule has 1 heterocycles. The standard InChI is InChI=1S/C13H21N3O/c1-4-12(9(2)3)16-13(17)10-5-6-15-11(7-10)8-14/h5-7,9,12H,4,8,14H2,1-3H3,(H,16,17). The topological polar surface area (TPSA) is 68.0 Å². The van der Waals surface area contributed by atoms with E-state index in [1.807, 2.05) is 0 Å². The van der Waals surface area contributed by atoms with Crippen LogP contribution < -0.4 is 11.1 Å². The monoisotopic (exact) mass is 235 g/mol. The SMILES string of the molecule is CCC(NC(=O)c1ccnc(CN)c1)C(C)C. The number of nitrogens with zero attached hydrogens (tertiary/aromatic N) is 1. The van der Waals surface area contributed by atoms with Gasteiger partial charge in [-0.3, -0.25) is 9.78 Å². The summed E-state index contributed by atoms with van der Waals surface area (Å²) in [6.07, 6.45) is 2.55. The second kappa shape index (κ2) is 6.35. The second-order valence-corrected chi connectivity index (χ2v) is 4.47. The van der Waals surface area contributed by atoms with Crippen molar-refractivity contribution in [3.63, 3.8) is 0 Å². The van der Waals surface area contributed by atoms with Crippen molar-refractivity contribution in [3.05, 3.63) is 29.6 Å². The number of aromatic nitrogens is 1. The van der Waals surface area contributed by atoms with Crippen LogP contribution in [-0.2, 0) is 6.54 Å². The summed E-state index contributed by atoms with van der Waals surface area (Å²) in [6.45, 7) is 6.63. The summed E-state index contributed by atoms with van der Waals surface area (Å²) in [4.78, 5) is 16.1. The number of rotatable bonds is 5. The molecule has 1 aromatic heterocycles. The van der Waals surface area contributed by atoms with Crippen LogP contribution in [-0.4, -0.2) is 16.9 Å². The van der Waals surface area contributed by atoms with Gasteiger partial charge in [0, 0.05) is 24.3 Å². The Kier molecular flexibility index (Phi) is 5.10. The van der Waals surface area contributed by atoms with E-state index < -0.39 is 0 Å². The zero-order chi connectivity index (χ0) is 12.8. The summed E-state index contributed by atoms with van der Waals surface area (Å²) >= 11 is 0. The normalized spacial score (nSPS) is 12.5. The number of nitrogens with two attached hydrogens (primary N) is 1. The first-order valence-electron chi connectivity index (χ1n) is 6.04. The van der Waals surface area contributed by atoms with Crippen molar-refractivity contribution in [2.45, 2.75) is 39.8 Å². The lowest BCUT2D eigenvalue weighted by molar-refractivity contribution is 0.0924. The molecular formula is C13H21N3O. The smallest absolute Gasteiger partial charge is 0.251 e. The van der Waals surface area contributed by atoms with Crippen LogP contribution in [0.4, 0.5) is 0 Å². The summed E-state index contributed by atoms with van der Waals surface area (Å²) in [5.41, 5.74) is 6.86. The van der Waals surface area contributed by atoms with Crippen LogP contribution in [0.25, 0.3) is 0 Å².